The van der Waals surface area contributed by atoms with E-state index in [4.69, 9.17) is 5.73 Å². The topological polar surface area (TPSA) is 64.7 Å². The van der Waals surface area contributed by atoms with E-state index in [9.17, 15) is 0 Å². The smallest absolute Gasteiger partial charge is 0.181 e. The van der Waals surface area contributed by atoms with Crippen LogP contribution in [0.4, 0.5) is 5.82 Å². The molecule has 2 heterocycles. The van der Waals surface area contributed by atoms with Gasteiger partial charge >= 0.3 is 0 Å². The Kier molecular flexibility index (Phi) is 3.14. The Hall–Kier alpha value is -1.49. The lowest BCUT2D eigenvalue weighted by molar-refractivity contribution is 0.635. The molecular weight excluding hydrogens is 220 g/mol. The fourth-order valence-corrected chi connectivity index (χ4v) is 2.01. The predicted molar refractivity (Wildman–Crippen MR) is 66.1 cm³/mol. The summed E-state index contributed by atoms with van der Waals surface area (Å²) in [6.07, 6.45) is 0.907. The van der Waals surface area contributed by atoms with Crippen molar-refractivity contribution in [3.05, 3.63) is 22.7 Å². The molecule has 0 fully saturated rings. The molecule has 0 atom stereocenters. The molecule has 2 aromatic heterocycles. The second-order valence-electron chi connectivity index (χ2n) is 4.08. The van der Waals surface area contributed by atoms with Crippen LogP contribution in [-0.4, -0.2) is 15.0 Å². The predicted octanol–water partition coefficient (Wildman–Crippen LogP) is 2.38. The number of nitrogen functional groups attached to an aromatic ring is 1. The first kappa shape index (κ1) is 11.0. The Morgan fingerprint density at radius 3 is 2.81 bits per heavy atom. The first-order valence-corrected chi connectivity index (χ1v) is 6.11. The highest BCUT2D eigenvalue weighted by Crippen LogP contribution is 2.17. The van der Waals surface area contributed by atoms with E-state index in [2.05, 4.69) is 28.8 Å². The summed E-state index contributed by atoms with van der Waals surface area (Å²) in [6.45, 7) is 4.31. The van der Waals surface area contributed by atoms with Crippen LogP contribution in [0.3, 0.4) is 0 Å². The molecule has 2 rings (SSSR count). The molecule has 0 unspecified atom stereocenters. The van der Waals surface area contributed by atoms with Crippen molar-refractivity contribution in [3.8, 4) is 11.5 Å². The quantitative estimate of drug-likeness (QED) is 0.885. The largest absolute Gasteiger partial charge is 0.384 e. The van der Waals surface area contributed by atoms with Gasteiger partial charge in [0.15, 0.2) is 5.82 Å². The second-order valence-corrected chi connectivity index (χ2v) is 4.80. The van der Waals surface area contributed by atoms with Crippen LogP contribution in [0.1, 0.15) is 19.5 Å². The van der Waals surface area contributed by atoms with Crippen molar-refractivity contribution in [1.29, 1.82) is 0 Å². The van der Waals surface area contributed by atoms with Gasteiger partial charge in [-0.2, -0.15) is 0 Å². The molecular formula is C11H14N4S. The van der Waals surface area contributed by atoms with Crippen molar-refractivity contribution in [2.24, 2.45) is 5.92 Å². The van der Waals surface area contributed by atoms with Crippen molar-refractivity contribution >= 4 is 17.2 Å². The van der Waals surface area contributed by atoms with Crippen molar-refractivity contribution in [2.75, 3.05) is 5.73 Å². The van der Waals surface area contributed by atoms with Gasteiger partial charge < -0.3 is 5.73 Å². The SMILES string of the molecule is CC(C)Cc1cc(N)nc(-c2cscn2)n1. The zero-order valence-electron chi connectivity index (χ0n) is 9.34. The summed E-state index contributed by atoms with van der Waals surface area (Å²) in [5.74, 6) is 1.68. The Morgan fingerprint density at radius 2 is 2.19 bits per heavy atom. The minimum absolute atomic E-state index is 0.508. The summed E-state index contributed by atoms with van der Waals surface area (Å²) >= 11 is 1.53. The highest BCUT2D eigenvalue weighted by molar-refractivity contribution is 7.07. The molecule has 0 spiro atoms. The molecule has 2 aromatic rings. The maximum Gasteiger partial charge on any atom is 0.181 e. The third kappa shape index (κ3) is 2.55. The number of rotatable bonds is 3. The number of thiazole rings is 1. The standard InChI is InChI=1S/C11H14N4S/c1-7(2)3-8-4-10(12)15-11(14-8)9-5-16-6-13-9/h4-7H,3H2,1-2H3,(H2,12,14,15). The van der Waals surface area contributed by atoms with E-state index in [0.717, 1.165) is 17.8 Å². The molecule has 0 saturated heterocycles. The van der Waals surface area contributed by atoms with Crippen LogP contribution in [0.5, 0.6) is 0 Å². The monoisotopic (exact) mass is 234 g/mol. The number of anilines is 1. The zero-order chi connectivity index (χ0) is 11.5. The van der Waals surface area contributed by atoms with Crippen LogP contribution in [0.15, 0.2) is 17.0 Å². The lowest BCUT2D eigenvalue weighted by atomic mass is 10.1. The van der Waals surface area contributed by atoms with Crippen LogP contribution in [-0.2, 0) is 6.42 Å². The molecule has 0 saturated carbocycles. The van der Waals surface area contributed by atoms with Crippen LogP contribution in [0.25, 0.3) is 11.5 Å². The summed E-state index contributed by atoms with van der Waals surface area (Å²) < 4.78 is 0. The zero-order valence-corrected chi connectivity index (χ0v) is 10.2. The number of hydrogen-bond acceptors (Lipinski definition) is 5. The second kappa shape index (κ2) is 4.57. The fraction of sp³-hybridized carbons (Fsp3) is 0.364. The molecule has 0 radical (unpaired) electrons. The van der Waals surface area contributed by atoms with Gasteiger partial charge in [-0.05, 0) is 12.3 Å². The summed E-state index contributed by atoms with van der Waals surface area (Å²) in [6, 6.07) is 1.83. The van der Waals surface area contributed by atoms with Crippen LogP contribution in [0, 0.1) is 5.92 Å². The molecule has 0 aromatic carbocycles. The maximum absolute atomic E-state index is 5.77. The molecule has 84 valence electrons. The van der Waals surface area contributed by atoms with Gasteiger partial charge in [0.25, 0.3) is 0 Å². The highest BCUT2D eigenvalue weighted by Gasteiger charge is 2.08. The summed E-state index contributed by atoms with van der Waals surface area (Å²) in [7, 11) is 0. The third-order valence-corrected chi connectivity index (χ3v) is 2.66. The number of aromatic nitrogens is 3. The van der Waals surface area contributed by atoms with Gasteiger partial charge in [-0.1, -0.05) is 13.8 Å². The van der Waals surface area contributed by atoms with Crippen molar-refractivity contribution in [2.45, 2.75) is 20.3 Å². The lowest BCUT2D eigenvalue weighted by Crippen LogP contribution is -2.03. The van der Waals surface area contributed by atoms with Crippen LogP contribution >= 0.6 is 11.3 Å². The van der Waals surface area contributed by atoms with Gasteiger partial charge in [0.2, 0.25) is 0 Å². The van der Waals surface area contributed by atoms with Gasteiger partial charge in [-0.3, -0.25) is 0 Å². The van der Waals surface area contributed by atoms with E-state index < -0.39 is 0 Å². The molecule has 16 heavy (non-hydrogen) atoms. The molecule has 0 amide bonds. The summed E-state index contributed by atoms with van der Waals surface area (Å²) in [5, 5.41) is 1.92. The Balaban J connectivity index is 2.36. The van der Waals surface area contributed by atoms with E-state index in [-0.39, 0.29) is 0 Å². The first-order chi connectivity index (χ1) is 7.65. The van der Waals surface area contributed by atoms with Crippen LogP contribution in [0.2, 0.25) is 0 Å². The average Bonchev–Trinajstić information content (AvgIpc) is 2.67. The normalized spacial score (nSPS) is 10.9. The van der Waals surface area contributed by atoms with E-state index in [1.165, 1.54) is 11.3 Å². The number of nitrogens with zero attached hydrogens (tertiary/aromatic N) is 3. The molecule has 0 aliphatic carbocycles. The van der Waals surface area contributed by atoms with E-state index in [1.807, 2.05) is 11.4 Å². The van der Waals surface area contributed by atoms with Gasteiger partial charge in [0.05, 0.1) is 5.51 Å². The maximum atomic E-state index is 5.77. The number of nitrogens with two attached hydrogens (primary N) is 1. The highest BCUT2D eigenvalue weighted by atomic mass is 32.1. The molecule has 0 aliphatic rings. The van der Waals surface area contributed by atoms with Gasteiger partial charge in [-0.15, -0.1) is 11.3 Å². The average molecular weight is 234 g/mol. The Morgan fingerprint density at radius 1 is 1.38 bits per heavy atom. The minimum Gasteiger partial charge on any atom is -0.384 e. The molecule has 2 N–H and O–H groups in total. The minimum atomic E-state index is 0.508. The fourth-order valence-electron chi connectivity index (χ4n) is 1.48. The molecule has 4 nitrogen and oxygen atoms in total. The van der Waals surface area contributed by atoms with E-state index >= 15 is 0 Å². The molecule has 0 bridgehead atoms. The van der Waals surface area contributed by atoms with Crippen molar-refractivity contribution in [1.82, 2.24) is 15.0 Å². The lowest BCUT2D eigenvalue weighted by Gasteiger charge is -2.06. The van der Waals surface area contributed by atoms with Gasteiger partial charge in [0.1, 0.15) is 11.5 Å². The Bertz CT molecular complexity index is 465. The van der Waals surface area contributed by atoms with Gasteiger partial charge in [-0.25, -0.2) is 15.0 Å². The van der Waals surface area contributed by atoms with E-state index in [0.29, 0.717) is 17.6 Å². The third-order valence-electron chi connectivity index (χ3n) is 2.08. The molecule has 0 aliphatic heterocycles. The van der Waals surface area contributed by atoms with Crippen LogP contribution < -0.4 is 5.73 Å². The van der Waals surface area contributed by atoms with Crippen molar-refractivity contribution < 1.29 is 0 Å². The Labute approximate surface area is 98.6 Å². The first-order valence-electron chi connectivity index (χ1n) is 5.17. The van der Waals surface area contributed by atoms with Crippen molar-refractivity contribution in [3.63, 3.8) is 0 Å². The van der Waals surface area contributed by atoms with Gasteiger partial charge in [0, 0.05) is 17.1 Å². The number of hydrogen-bond donors (Lipinski definition) is 1. The van der Waals surface area contributed by atoms with E-state index in [1.54, 1.807) is 5.51 Å². The summed E-state index contributed by atoms with van der Waals surface area (Å²) in [4.78, 5) is 12.8. The summed E-state index contributed by atoms with van der Waals surface area (Å²) in [5.41, 5.74) is 9.30. The molecule has 5 heteroatoms.